The maximum atomic E-state index is 12.5. The SMILES string of the molecule is CC1CNCCN1C(=O)c1ccc(-n2cnnc2)cc1. The molecule has 0 saturated carbocycles. The summed E-state index contributed by atoms with van der Waals surface area (Å²) in [6.07, 6.45) is 3.27. The maximum absolute atomic E-state index is 12.5. The van der Waals surface area contributed by atoms with E-state index in [2.05, 4.69) is 22.4 Å². The Morgan fingerprint density at radius 1 is 1.25 bits per heavy atom. The number of rotatable bonds is 2. The van der Waals surface area contributed by atoms with Gasteiger partial charge in [0, 0.05) is 36.9 Å². The van der Waals surface area contributed by atoms with E-state index in [-0.39, 0.29) is 11.9 Å². The third-order valence-electron chi connectivity index (χ3n) is 3.59. The zero-order valence-electron chi connectivity index (χ0n) is 11.4. The molecule has 1 aliphatic heterocycles. The smallest absolute Gasteiger partial charge is 0.254 e. The van der Waals surface area contributed by atoms with Gasteiger partial charge in [0.1, 0.15) is 12.7 Å². The Morgan fingerprint density at radius 3 is 2.60 bits per heavy atom. The highest BCUT2D eigenvalue weighted by Gasteiger charge is 2.23. The van der Waals surface area contributed by atoms with Gasteiger partial charge in [-0.3, -0.25) is 9.36 Å². The Labute approximate surface area is 117 Å². The topological polar surface area (TPSA) is 63.1 Å². The van der Waals surface area contributed by atoms with Gasteiger partial charge in [0.15, 0.2) is 0 Å². The van der Waals surface area contributed by atoms with Crippen LogP contribution in [0, 0.1) is 0 Å². The van der Waals surface area contributed by atoms with Gasteiger partial charge in [-0.25, -0.2) is 0 Å². The van der Waals surface area contributed by atoms with Gasteiger partial charge in [-0.05, 0) is 31.2 Å². The molecule has 20 heavy (non-hydrogen) atoms. The molecule has 2 aromatic rings. The summed E-state index contributed by atoms with van der Waals surface area (Å²) in [5.41, 5.74) is 1.66. The van der Waals surface area contributed by atoms with Gasteiger partial charge >= 0.3 is 0 Å². The second kappa shape index (κ2) is 5.42. The van der Waals surface area contributed by atoms with Gasteiger partial charge in [0.25, 0.3) is 5.91 Å². The van der Waals surface area contributed by atoms with Crippen molar-refractivity contribution in [1.29, 1.82) is 0 Å². The molecule has 3 rings (SSSR count). The van der Waals surface area contributed by atoms with Crippen molar-refractivity contribution in [3.8, 4) is 5.69 Å². The fourth-order valence-electron chi connectivity index (χ4n) is 2.42. The molecular formula is C14H17N5O. The molecule has 1 saturated heterocycles. The van der Waals surface area contributed by atoms with E-state index in [1.807, 2.05) is 33.7 Å². The number of amides is 1. The molecule has 1 atom stereocenters. The summed E-state index contributed by atoms with van der Waals surface area (Å²) in [5.74, 6) is 0.0920. The van der Waals surface area contributed by atoms with Crippen LogP contribution in [0.4, 0.5) is 0 Å². The highest BCUT2D eigenvalue weighted by Crippen LogP contribution is 2.13. The van der Waals surface area contributed by atoms with Gasteiger partial charge in [-0.1, -0.05) is 0 Å². The Bertz CT molecular complexity index is 578. The van der Waals surface area contributed by atoms with Crippen molar-refractivity contribution in [3.05, 3.63) is 42.5 Å². The summed E-state index contributed by atoms with van der Waals surface area (Å²) in [6, 6.07) is 7.75. The second-order valence-electron chi connectivity index (χ2n) is 4.97. The van der Waals surface area contributed by atoms with Crippen molar-refractivity contribution in [2.45, 2.75) is 13.0 Å². The lowest BCUT2D eigenvalue weighted by Gasteiger charge is -2.34. The van der Waals surface area contributed by atoms with Gasteiger partial charge in [-0.15, -0.1) is 10.2 Å². The molecule has 1 aromatic carbocycles. The first-order valence-electron chi connectivity index (χ1n) is 6.72. The number of nitrogens with one attached hydrogen (secondary N) is 1. The molecular weight excluding hydrogens is 254 g/mol. The molecule has 104 valence electrons. The van der Waals surface area contributed by atoms with Crippen LogP contribution in [-0.4, -0.2) is 51.2 Å². The van der Waals surface area contributed by atoms with E-state index in [0.717, 1.165) is 30.9 Å². The molecule has 6 heteroatoms. The summed E-state index contributed by atoms with van der Waals surface area (Å²) in [6.45, 7) is 4.53. The summed E-state index contributed by atoms with van der Waals surface area (Å²) >= 11 is 0. The molecule has 6 nitrogen and oxygen atoms in total. The number of carbonyl (C=O) groups is 1. The number of piperazine rings is 1. The first-order valence-corrected chi connectivity index (χ1v) is 6.72. The number of hydrogen-bond acceptors (Lipinski definition) is 4. The van der Waals surface area contributed by atoms with E-state index in [0.29, 0.717) is 0 Å². The molecule has 1 unspecified atom stereocenters. The molecule has 0 radical (unpaired) electrons. The van der Waals surface area contributed by atoms with Crippen LogP contribution in [0.1, 0.15) is 17.3 Å². The summed E-state index contributed by atoms with van der Waals surface area (Å²) in [5, 5.41) is 10.8. The van der Waals surface area contributed by atoms with E-state index in [9.17, 15) is 4.79 Å². The van der Waals surface area contributed by atoms with E-state index in [1.54, 1.807) is 12.7 Å². The van der Waals surface area contributed by atoms with Crippen LogP contribution in [0.15, 0.2) is 36.9 Å². The normalized spacial score (nSPS) is 19.1. The van der Waals surface area contributed by atoms with E-state index >= 15 is 0 Å². The van der Waals surface area contributed by atoms with Crippen molar-refractivity contribution < 1.29 is 4.79 Å². The van der Waals surface area contributed by atoms with Crippen molar-refractivity contribution in [3.63, 3.8) is 0 Å². The fourth-order valence-corrected chi connectivity index (χ4v) is 2.42. The highest BCUT2D eigenvalue weighted by atomic mass is 16.2. The minimum Gasteiger partial charge on any atom is -0.333 e. The molecule has 0 spiro atoms. The molecule has 1 amide bonds. The average molecular weight is 271 g/mol. The van der Waals surface area contributed by atoms with E-state index < -0.39 is 0 Å². The van der Waals surface area contributed by atoms with Gasteiger partial charge in [0.2, 0.25) is 0 Å². The monoisotopic (exact) mass is 271 g/mol. The van der Waals surface area contributed by atoms with Crippen LogP contribution in [0.25, 0.3) is 5.69 Å². The minimum atomic E-state index is 0.0920. The van der Waals surface area contributed by atoms with Crippen LogP contribution < -0.4 is 5.32 Å². The zero-order valence-corrected chi connectivity index (χ0v) is 11.4. The third-order valence-corrected chi connectivity index (χ3v) is 3.59. The van der Waals surface area contributed by atoms with Crippen LogP contribution >= 0.6 is 0 Å². The summed E-state index contributed by atoms with van der Waals surface area (Å²) < 4.78 is 1.81. The number of hydrogen-bond donors (Lipinski definition) is 1. The quantitative estimate of drug-likeness (QED) is 0.873. The lowest BCUT2D eigenvalue weighted by Crippen LogP contribution is -2.52. The van der Waals surface area contributed by atoms with Crippen LogP contribution in [0.3, 0.4) is 0 Å². The van der Waals surface area contributed by atoms with Gasteiger partial charge in [0.05, 0.1) is 0 Å². The van der Waals surface area contributed by atoms with Gasteiger partial charge in [-0.2, -0.15) is 0 Å². The Morgan fingerprint density at radius 2 is 1.95 bits per heavy atom. The lowest BCUT2D eigenvalue weighted by atomic mass is 10.1. The van der Waals surface area contributed by atoms with Crippen LogP contribution in [0.5, 0.6) is 0 Å². The molecule has 0 bridgehead atoms. The molecule has 1 aromatic heterocycles. The Kier molecular flexibility index (Phi) is 3.47. The number of aromatic nitrogens is 3. The predicted molar refractivity (Wildman–Crippen MR) is 74.7 cm³/mol. The number of carbonyl (C=O) groups excluding carboxylic acids is 1. The minimum absolute atomic E-state index is 0.0920. The standard InChI is InChI=1S/C14H17N5O/c1-11-8-15-6-7-19(11)14(20)12-2-4-13(5-3-12)18-9-16-17-10-18/h2-5,9-11,15H,6-8H2,1H3. The Balaban J connectivity index is 1.78. The van der Waals surface area contributed by atoms with E-state index in [1.165, 1.54) is 0 Å². The lowest BCUT2D eigenvalue weighted by molar-refractivity contribution is 0.0656. The fraction of sp³-hybridized carbons (Fsp3) is 0.357. The average Bonchev–Trinajstić information content (AvgIpc) is 3.01. The molecule has 1 aliphatic rings. The molecule has 2 heterocycles. The molecule has 0 aliphatic carbocycles. The van der Waals surface area contributed by atoms with Crippen molar-refractivity contribution in [1.82, 2.24) is 25.0 Å². The van der Waals surface area contributed by atoms with E-state index in [4.69, 9.17) is 0 Å². The first kappa shape index (κ1) is 12.8. The van der Waals surface area contributed by atoms with Gasteiger partial charge < -0.3 is 10.2 Å². The molecule has 1 fully saturated rings. The summed E-state index contributed by atoms with van der Waals surface area (Å²) in [4.78, 5) is 14.4. The second-order valence-corrected chi connectivity index (χ2v) is 4.97. The molecule has 1 N–H and O–H groups in total. The Hall–Kier alpha value is -2.21. The van der Waals surface area contributed by atoms with Crippen LogP contribution in [0.2, 0.25) is 0 Å². The zero-order chi connectivity index (χ0) is 13.9. The first-order chi connectivity index (χ1) is 9.75. The van der Waals surface area contributed by atoms with Crippen molar-refractivity contribution >= 4 is 5.91 Å². The maximum Gasteiger partial charge on any atom is 0.254 e. The highest BCUT2D eigenvalue weighted by molar-refractivity contribution is 5.94. The number of nitrogens with zero attached hydrogens (tertiary/aromatic N) is 4. The largest absolute Gasteiger partial charge is 0.333 e. The summed E-state index contributed by atoms with van der Waals surface area (Å²) in [7, 11) is 0. The third kappa shape index (κ3) is 2.42. The van der Waals surface area contributed by atoms with Crippen molar-refractivity contribution in [2.24, 2.45) is 0 Å². The number of benzene rings is 1. The van der Waals surface area contributed by atoms with Crippen LogP contribution in [-0.2, 0) is 0 Å². The van der Waals surface area contributed by atoms with Crippen molar-refractivity contribution in [2.75, 3.05) is 19.6 Å². The predicted octanol–water partition coefficient (Wildman–Crippen LogP) is 0.701.